The minimum atomic E-state index is 0.144. The second-order valence-corrected chi connectivity index (χ2v) is 4.75. The topological polar surface area (TPSA) is 29.3 Å². The summed E-state index contributed by atoms with van der Waals surface area (Å²) in [6.07, 6.45) is 3.79. The van der Waals surface area contributed by atoms with Crippen molar-refractivity contribution in [1.82, 2.24) is 4.90 Å². The standard InChI is InChI=1S/C13H20N2/c1-15(2)9-13(14)12-7-6-10-4-3-5-11(10)8-12/h6-8,13H,3-5,9,14H2,1-2H3. The maximum absolute atomic E-state index is 6.15. The molecule has 2 rings (SSSR count). The van der Waals surface area contributed by atoms with Crippen molar-refractivity contribution in [3.63, 3.8) is 0 Å². The van der Waals surface area contributed by atoms with Gasteiger partial charge in [0.05, 0.1) is 0 Å². The first-order chi connectivity index (χ1) is 7.16. The van der Waals surface area contributed by atoms with Crippen LogP contribution >= 0.6 is 0 Å². The van der Waals surface area contributed by atoms with Gasteiger partial charge in [-0.1, -0.05) is 18.2 Å². The zero-order valence-corrected chi connectivity index (χ0v) is 9.66. The molecular weight excluding hydrogens is 184 g/mol. The van der Waals surface area contributed by atoms with Crippen LogP contribution in [0.25, 0.3) is 0 Å². The molecule has 1 aromatic rings. The lowest BCUT2D eigenvalue weighted by Crippen LogP contribution is -2.26. The fraction of sp³-hybridized carbons (Fsp3) is 0.538. The third-order valence-electron chi connectivity index (χ3n) is 3.11. The lowest BCUT2D eigenvalue weighted by Gasteiger charge is -2.18. The van der Waals surface area contributed by atoms with Gasteiger partial charge in [-0.05, 0) is 50.0 Å². The summed E-state index contributed by atoms with van der Waals surface area (Å²) in [5.41, 5.74) is 10.5. The Morgan fingerprint density at radius 2 is 2.00 bits per heavy atom. The van der Waals surface area contributed by atoms with E-state index >= 15 is 0 Å². The summed E-state index contributed by atoms with van der Waals surface area (Å²) in [6, 6.07) is 6.90. The SMILES string of the molecule is CN(C)CC(N)c1ccc2c(c1)CCC2. The van der Waals surface area contributed by atoms with Gasteiger partial charge in [-0.25, -0.2) is 0 Å². The highest BCUT2D eigenvalue weighted by Gasteiger charge is 2.13. The number of aryl methyl sites for hydroxylation is 2. The van der Waals surface area contributed by atoms with Crippen molar-refractivity contribution in [2.45, 2.75) is 25.3 Å². The van der Waals surface area contributed by atoms with E-state index in [9.17, 15) is 0 Å². The molecule has 0 aliphatic heterocycles. The highest BCUT2D eigenvalue weighted by atomic mass is 15.1. The van der Waals surface area contributed by atoms with Crippen molar-refractivity contribution >= 4 is 0 Å². The quantitative estimate of drug-likeness (QED) is 0.812. The normalized spacial score (nSPS) is 16.8. The van der Waals surface area contributed by atoms with E-state index in [1.54, 1.807) is 0 Å². The summed E-state index contributed by atoms with van der Waals surface area (Å²) in [7, 11) is 4.13. The number of nitrogens with zero attached hydrogens (tertiary/aromatic N) is 1. The minimum Gasteiger partial charge on any atom is -0.323 e. The molecule has 2 N–H and O–H groups in total. The molecule has 0 amide bonds. The molecule has 0 aromatic heterocycles. The molecule has 0 fully saturated rings. The predicted molar refractivity (Wildman–Crippen MR) is 63.9 cm³/mol. The fourth-order valence-corrected chi connectivity index (χ4v) is 2.32. The summed E-state index contributed by atoms with van der Waals surface area (Å²) in [5, 5.41) is 0. The van der Waals surface area contributed by atoms with Crippen LogP contribution in [0.15, 0.2) is 18.2 Å². The maximum atomic E-state index is 6.15. The summed E-state index contributed by atoms with van der Waals surface area (Å²) < 4.78 is 0. The van der Waals surface area contributed by atoms with Gasteiger partial charge in [-0.2, -0.15) is 0 Å². The average molecular weight is 204 g/mol. The lowest BCUT2D eigenvalue weighted by atomic mass is 10.0. The molecule has 0 bridgehead atoms. The third-order valence-corrected chi connectivity index (χ3v) is 3.11. The molecule has 0 heterocycles. The molecule has 1 aliphatic carbocycles. The molecule has 1 unspecified atom stereocenters. The summed E-state index contributed by atoms with van der Waals surface area (Å²) in [6.45, 7) is 0.915. The first-order valence-corrected chi connectivity index (χ1v) is 5.69. The number of hydrogen-bond acceptors (Lipinski definition) is 2. The summed E-state index contributed by atoms with van der Waals surface area (Å²) in [4.78, 5) is 2.14. The number of nitrogens with two attached hydrogens (primary N) is 1. The molecular formula is C13H20N2. The van der Waals surface area contributed by atoms with Crippen molar-refractivity contribution in [2.24, 2.45) is 5.73 Å². The Morgan fingerprint density at radius 1 is 1.27 bits per heavy atom. The molecule has 2 nitrogen and oxygen atoms in total. The molecule has 82 valence electrons. The fourth-order valence-electron chi connectivity index (χ4n) is 2.32. The van der Waals surface area contributed by atoms with E-state index in [1.165, 1.54) is 36.0 Å². The van der Waals surface area contributed by atoms with Gasteiger partial charge < -0.3 is 10.6 Å². The molecule has 1 aromatic carbocycles. The Labute approximate surface area is 92.1 Å². The van der Waals surface area contributed by atoms with Gasteiger partial charge in [0.2, 0.25) is 0 Å². The zero-order chi connectivity index (χ0) is 10.8. The monoisotopic (exact) mass is 204 g/mol. The van der Waals surface area contributed by atoms with Gasteiger partial charge in [0.1, 0.15) is 0 Å². The van der Waals surface area contributed by atoms with Crippen molar-refractivity contribution in [1.29, 1.82) is 0 Å². The molecule has 0 saturated heterocycles. The Balaban J connectivity index is 2.15. The molecule has 0 saturated carbocycles. The minimum absolute atomic E-state index is 0.144. The molecule has 0 spiro atoms. The molecule has 0 radical (unpaired) electrons. The van der Waals surface area contributed by atoms with Crippen LogP contribution in [-0.4, -0.2) is 25.5 Å². The second-order valence-electron chi connectivity index (χ2n) is 4.75. The van der Waals surface area contributed by atoms with E-state index in [-0.39, 0.29) is 6.04 Å². The van der Waals surface area contributed by atoms with E-state index in [1.807, 2.05) is 0 Å². The Kier molecular flexibility index (Phi) is 3.08. The second kappa shape index (κ2) is 4.33. The highest BCUT2D eigenvalue weighted by molar-refractivity contribution is 5.36. The van der Waals surface area contributed by atoms with Crippen LogP contribution in [0.5, 0.6) is 0 Å². The van der Waals surface area contributed by atoms with E-state index in [2.05, 4.69) is 37.2 Å². The first kappa shape index (κ1) is 10.7. The summed E-state index contributed by atoms with van der Waals surface area (Å²) >= 11 is 0. The van der Waals surface area contributed by atoms with Crippen LogP contribution in [0, 0.1) is 0 Å². The smallest absolute Gasteiger partial charge is 0.0424 e. The van der Waals surface area contributed by atoms with Gasteiger partial charge in [0, 0.05) is 12.6 Å². The predicted octanol–water partition coefficient (Wildman–Crippen LogP) is 1.74. The van der Waals surface area contributed by atoms with Crippen molar-refractivity contribution < 1.29 is 0 Å². The Hall–Kier alpha value is -0.860. The van der Waals surface area contributed by atoms with Crippen LogP contribution in [0.3, 0.4) is 0 Å². The zero-order valence-electron chi connectivity index (χ0n) is 9.66. The molecule has 15 heavy (non-hydrogen) atoms. The van der Waals surface area contributed by atoms with Gasteiger partial charge >= 0.3 is 0 Å². The van der Waals surface area contributed by atoms with Crippen molar-refractivity contribution in [3.05, 3.63) is 34.9 Å². The van der Waals surface area contributed by atoms with Crippen LogP contribution in [0.4, 0.5) is 0 Å². The molecule has 2 heteroatoms. The number of rotatable bonds is 3. The van der Waals surface area contributed by atoms with Gasteiger partial charge in [0.25, 0.3) is 0 Å². The Bertz CT molecular complexity index is 344. The van der Waals surface area contributed by atoms with E-state index in [4.69, 9.17) is 5.73 Å². The number of likely N-dealkylation sites (N-methyl/N-ethyl adjacent to an activating group) is 1. The van der Waals surface area contributed by atoms with Crippen LogP contribution < -0.4 is 5.73 Å². The molecule has 1 aliphatic rings. The number of benzene rings is 1. The lowest BCUT2D eigenvalue weighted by molar-refractivity contribution is 0.376. The van der Waals surface area contributed by atoms with Gasteiger partial charge in [-0.3, -0.25) is 0 Å². The van der Waals surface area contributed by atoms with Crippen molar-refractivity contribution in [2.75, 3.05) is 20.6 Å². The average Bonchev–Trinajstić information content (AvgIpc) is 2.62. The highest BCUT2D eigenvalue weighted by Crippen LogP contribution is 2.24. The number of fused-ring (bicyclic) bond motifs is 1. The third kappa shape index (κ3) is 2.39. The van der Waals surface area contributed by atoms with Gasteiger partial charge in [0.15, 0.2) is 0 Å². The van der Waals surface area contributed by atoms with E-state index in [0.29, 0.717) is 0 Å². The largest absolute Gasteiger partial charge is 0.323 e. The summed E-state index contributed by atoms with van der Waals surface area (Å²) in [5.74, 6) is 0. The van der Waals surface area contributed by atoms with Crippen LogP contribution in [-0.2, 0) is 12.8 Å². The van der Waals surface area contributed by atoms with E-state index in [0.717, 1.165) is 6.54 Å². The maximum Gasteiger partial charge on any atom is 0.0424 e. The number of hydrogen-bond donors (Lipinski definition) is 1. The van der Waals surface area contributed by atoms with Crippen LogP contribution in [0.1, 0.15) is 29.2 Å². The van der Waals surface area contributed by atoms with Gasteiger partial charge in [-0.15, -0.1) is 0 Å². The first-order valence-electron chi connectivity index (χ1n) is 5.69. The molecule has 1 atom stereocenters. The van der Waals surface area contributed by atoms with Crippen molar-refractivity contribution in [3.8, 4) is 0 Å². The van der Waals surface area contributed by atoms with E-state index < -0.39 is 0 Å². The Morgan fingerprint density at radius 3 is 2.73 bits per heavy atom. The van der Waals surface area contributed by atoms with Crippen LogP contribution in [0.2, 0.25) is 0 Å².